The number of alkyl carbamates (subject to hydrolysis) is 1. The molecule has 1 atom stereocenters. The molecule has 16 heavy (non-hydrogen) atoms. The second-order valence-electron chi connectivity index (χ2n) is 4.76. The molecule has 92 valence electrons. The summed E-state index contributed by atoms with van der Waals surface area (Å²) in [4.78, 5) is 22.4. The Morgan fingerprint density at radius 1 is 1.38 bits per heavy atom. The van der Waals surface area contributed by atoms with Crippen molar-refractivity contribution in [2.75, 3.05) is 0 Å². The average molecular weight is 229 g/mol. The van der Waals surface area contributed by atoms with Crippen LogP contribution < -0.4 is 5.32 Å². The number of carbonyl (C=O) groups is 2. The van der Waals surface area contributed by atoms with E-state index in [1.807, 2.05) is 0 Å². The van der Waals surface area contributed by atoms with Crippen LogP contribution in [-0.4, -0.2) is 28.3 Å². The van der Waals surface area contributed by atoms with Gasteiger partial charge in [0.1, 0.15) is 11.1 Å². The predicted molar refractivity (Wildman–Crippen MR) is 60.2 cm³/mol. The van der Waals surface area contributed by atoms with Crippen molar-refractivity contribution in [3.05, 3.63) is 12.7 Å². The molecule has 0 rings (SSSR count). The maximum atomic E-state index is 11.4. The van der Waals surface area contributed by atoms with Crippen molar-refractivity contribution in [1.82, 2.24) is 5.32 Å². The average Bonchev–Trinajstić information content (AvgIpc) is 1.99. The predicted octanol–water partition coefficient (Wildman–Crippen LogP) is 1.93. The molecule has 0 aliphatic carbocycles. The highest BCUT2D eigenvalue weighted by atomic mass is 16.6. The van der Waals surface area contributed by atoms with Crippen molar-refractivity contribution in [3.8, 4) is 0 Å². The van der Waals surface area contributed by atoms with Gasteiger partial charge in [0.05, 0.1) is 0 Å². The van der Waals surface area contributed by atoms with Crippen molar-refractivity contribution >= 4 is 12.1 Å². The van der Waals surface area contributed by atoms with Gasteiger partial charge in [-0.2, -0.15) is 0 Å². The number of amides is 1. The number of ether oxygens (including phenoxy) is 1. The van der Waals surface area contributed by atoms with E-state index in [0.29, 0.717) is 0 Å². The number of carbonyl (C=O) groups excluding carboxylic acids is 1. The molecule has 0 aromatic carbocycles. The standard InChI is InChI=1S/C11H19NO4/c1-6-7-11(5,8(13)14)12-9(15)16-10(2,3)4/h6H,1,7H2,2-5H3,(H,12,15)(H,13,14)/t11-/m1/s1. The Morgan fingerprint density at radius 3 is 2.19 bits per heavy atom. The van der Waals surface area contributed by atoms with E-state index in [0.717, 1.165) is 0 Å². The van der Waals surface area contributed by atoms with E-state index in [1.54, 1.807) is 20.8 Å². The van der Waals surface area contributed by atoms with E-state index in [9.17, 15) is 9.59 Å². The van der Waals surface area contributed by atoms with Gasteiger partial charge in [-0.25, -0.2) is 9.59 Å². The van der Waals surface area contributed by atoms with Crippen LogP contribution in [0.1, 0.15) is 34.1 Å². The molecule has 0 saturated carbocycles. The summed E-state index contributed by atoms with van der Waals surface area (Å²) in [5.41, 5.74) is -2.04. The lowest BCUT2D eigenvalue weighted by atomic mass is 9.98. The van der Waals surface area contributed by atoms with Gasteiger partial charge in [0, 0.05) is 0 Å². The van der Waals surface area contributed by atoms with Crippen LogP contribution >= 0.6 is 0 Å². The molecular formula is C11H19NO4. The SMILES string of the molecule is C=CC[C@@](C)(NC(=O)OC(C)(C)C)C(=O)O. The molecule has 1 amide bonds. The maximum Gasteiger partial charge on any atom is 0.408 e. The molecule has 0 bridgehead atoms. The van der Waals surface area contributed by atoms with Crippen molar-refractivity contribution in [2.45, 2.75) is 45.3 Å². The molecule has 0 radical (unpaired) electrons. The van der Waals surface area contributed by atoms with Crippen molar-refractivity contribution in [3.63, 3.8) is 0 Å². The molecule has 2 N–H and O–H groups in total. The fourth-order valence-electron chi connectivity index (χ4n) is 1.01. The summed E-state index contributed by atoms with van der Waals surface area (Å²) in [6.45, 7) is 9.98. The third-order valence-electron chi connectivity index (χ3n) is 1.80. The summed E-state index contributed by atoms with van der Waals surface area (Å²) >= 11 is 0. The van der Waals surface area contributed by atoms with Crippen LogP contribution in [0, 0.1) is 0 Å². The lowest BCUT2D eigenvalue weighted by Crippen LogP contribution is -2.53. The Balaban J connectivity index is 4.59. The van der Waals surface area contributed by atoms with Gasteiger partial charge in [0.2, 0.25) is 0 Å². The maximum absolute atomic E-state index is 11.4. The summed E-state index contributed by atoms with van der Waals surface area (Å²) in [5.74, 6) is -1.13. The molecule has 0 aromatic heterocycles. The molecule has 0 aliphatic rings. The zero-order valence-electron chi connectivity index (χ0n) is 10.2. The molecule has 5 nitrogen and oxygen atoms in total. The first-order valence-electron chi connectivity index (χ1n) is 4.96. The van der Waals surface area contributed by atoms with Crippen LogP contribution in [0.15, 0.2) is 12.7 Å². The minimum absolute atomic E-state index is 0.127. The molecule has 0 unspecified atom stereocenters. The van der Waals surface area contributed by atoms with Gasteiger partial charge in [-0.05, 0) is 34.1 Å². The third-order valence-corrected chi connectivity index (χ3v) is 1.80. The fourth-order valence-corrected chi connectivity index (χ4v) is 1.01. The number of carboxylic acid groups (broad SMARTS) is 1. The first kappa shape index (κ1) is 14.5. The third kappa shape index (κ3) is 4.82. The second-order valence-corrected chi connectivity index (χ2v) is 4.76. The topological polar surface area (TPSA) is 75.6 Å². The fraction of sp³-hybridized carbons (Fsp3) is 0.636. The van der Waals surface area contributed by atoms with Crippen molar-refractivity contribution < 1.29 is 19.4 Å². The van der Waals surface area contributed by atoms with E-state index in [-0.39, 0.29) is 6.42 Å². The first-order chi connectivity index (χ1) is 7.10. The Labute approximate surface area is 95.5 Å². The number of aliphatic carboxylic acids is 1. The number of hydrogen-bond acceptors (Lipinski definition) is 3. The molecular weight excluding hydrogens is 210 g/mol. The molecule has 0 saturated heterocycles. The Bertz CT molecular complexity index is 293. The number of carboxylic acids is 1. The quantitative estimate of drug-likeness (QED) is 0.722. The van der Waals surface area contributed by atoms with Gasteiger partial charge in [0.25, 0.3) is 0 Å². The van der Waals surface area contributed by atoms with Gasteiger partial charge in [-0.1, -0.05) is 6.08 Å². The van der Waals surface area contributed by atoms with Crippen LogP contribution in [0.4, 0.5) is 4.79 Å². The molecule has 0 fully saturated rings. The second kappa shape index (κ2) is 5.01. The van der Waals surface area contributed by atoms with Crippen molar-refractivity contribution in [1.29, 1.82) is 0 Å². The molecule has 0 aliphatic heterocycles. The summed E-state index contributed by atoms with van der Waals surface area (Å²) in [6, 6.07) is 0. The van der Waals surface area contributed by atoms with Gasteiger partial charge in [-0.15, -0.1) is 6.58 Å². The minimum Gasteiger partial charge on any atom is -0.480 e. The monoisotopic (exact) mass is 229 g/mol. The van der Waals surface area contributed by atoms with E-state index < -0.39 is 23.2 Å². The lowest BCUT2D eigenvalue weighted by Gasteiger charge is -2.27. The van der Waals surface area contributed by atoms with Crippen LogP contribution in [0.2, 0.25) is 0 Å². The van der Waals surface area contributed by atoms with Gasteiger partial charge < -0.3 is 15.2 Å². The highest BCUT2D eigenvalue weighted by Crippen LogP contribution is 2.13. The smallest absolute Gasteiger partial charge is 0.408 e. The van der Waals surface area contributed by atoms with Crippen LogP contribution in [-0.2, 0) is 9.53 Å². The number of rotatable bonds is 4. The highest BCUT2D eigenvalue weighted by molar-refractivity contribution is 5.84. The van der Waals surface area contributed by atoms with Gasteiger partial charge >= 0.3 is 12.1 Å². The summed E-state index contributed by atoms with van der Waals surface area (Å²) in [5, 5.41) is 11.3. The van der Waals surface area contributed by atoms with Crippen LogP contribution in [0.25, 0.3) is 0 Å². The van der Waals surface area contributed by atoms with E-state index in [1.165, 1.54) is 13.0 Å². The molecule has 0 spiro atoms. The summed E-state index contributed by atoms with van der Waals surface area (Å²) < 4.78 is 4.98. The van der Waals surface area contributed by atoms with E-state index in [4.69, 9.17) is 9.84 Å². The number of hydrogen-bond donors (Lipinski definition) is 2. The Hall–Kier alpha value is -1.52. The lowest BCUT2D eigenvalue weighted by molar-refractivity contribution is -0.144. The Kier molecular flexibility index (Phi) is 4.53. The molecule has 0 heterocycles. The molecule has 5 heteroatoms. The van der Waals surface area contributed by atoms with Crippen LogP contribution in [0.5, 0.6) is 0 Å². The zero-order chi connectivity index (χ0) is 13.0. The zero-order valence-corrected chi connectivity index (χ0v) is 10.2. The van der Waals surface area contributed by atoms with E-state index >= 15 is 0 Å². The summed E-state index contributed by atoms with van der Waals surface area (Å²) in [6.07, 6.45) is 0.812. The normalized spacial score (nSPS) is 14.8. The first-order valence-corrected chi connectivity index (χ1v) is 4.96. The van der Waals surface area contributed by atoms with Gasteiger partial charge in [0.15, 0.2) is 0 Å². The Morgan fingerprint density at radius 2 is 1.88 bits per heavy atom. The minimum atomic E-state index is -1.38. The number of nitrogens with one attached hydrogen (secondary N) is 1. The highest BCUT2D eigenvalue weighted by Gasteiger charge is 2.35. The summed E-state index contributed by atoms with van der Waals surface area (Å²) in [7, 11) is 0. The van der Waals surface area contributed by atoms with Gasteiger partial charge in [-0.3, -0.25) is 0 Å². The van der Waals surface area contributed by atoms with E-state index in [2.05, 4.69) is 11.9 Å². The van der Waals surface area contributed by atoms with Crippen molar-refractivity contribution in [2.24, 2.45) is 0 Å². The largest absolute Gasteiger partial charge is 0.480 e. The van der Waals surface area contributed by atoms with Crippen LogP contribution in [0.3, 0.4) is 0 Å². The molecule has 0 aromatic rings.